The number of piperazine rings is 1. The number of nitrogens with zero attached hydrogens (tertiary/aromatic N) is 6. The number of aryl methyl sites for hydroxylation is 1. The van der Waals surface area contributed by atoms with Gasteiger partial charge in [0.2, 0.25) is 5.91 Å². The zero-order valence-electron chi connectivity index (χ0n) is 36.8. The normalized spacial score (nSPS) is 29.0. The van der Waals surface area contributed by atoms with Crippen molar-refractivity contribution in [2.45, 2.75) is 104 Å². The number of fused-ring (bicyclic) bond motifs is 5. The van der Waals surface area contributed by atoms with Gasteiger partial charge in [0.1, 0.15) is 12.1 Å². The van der Waals surface area contributed by atoms with Crippen LogP contribution in [0.5, 0.6) is 0 Å². The third-order valence-corrected chi connectivity index (χ3v) is 15.4. The van der Waals surface area contributed by atoms with Crippen LogP contribution in [0.3, 0.4) is 0 Å². The minimum absolute atomic E-state index is 0.0412. The Hall–Kier alpha value is -4.41. The van der Waals surface area contributed by atoms with E-state index in [1.54, 1.807) is 12.1 Å². The number of pyridine rings is 1. The van der Waals surface area contributed by atoms with Crippen LogP contribution in [0.4, 0.5) is 5.69 Å². The van der Waals surface area contributed by atoms with E-state index in [1.807, 2.05) is 6.20 Å². The first kappa shape index (κ1) is 41.6. The molecule has 4 aromatic rings. The fourth-order valence-electron chi connectivity index (χ4n) is 10.5. The van der Waals surface area contributed by atoms with Crippen molar-refractivity contribution in [3.63, 3.8) is 0 Å². The highest BCUT2D eigenvalue weighted by molar-refractivity contribution is 7.10. The first-order valence-electron chi connectivity index (χ1n) is 22.7. The number of rotatable bonds is 7. The molecule has 0 spiro atoms. The molecule has 6 fully saturated rings. The summed E-state index contributed by atoms with van der Waals surface area (Å²) >= 11 is 1.50. The van der Waals surface area contributed by atoms with Gasteiger partial charge in [0.05, 0.1) is 65.9 Å². The highest BCUT2D eigenvalue weighted by Crippen LogP contribution is 2.44. The van der Waals surface area contributed by atoms with Crippen LogP contribution < -0.4 is 15.6 Å². The van der Waals surface area contributed by atoms with Gasteiger partial charge in [0.15, 0.2) is 0 Å². The number of benzene rings is 1. The molecule has 8 heterocycles. The second-order valence-corrected chi connectivity index (χ2v) is 20.3. The van der Waals surface area contributed by atoms with Gasteiger partial charge in [-0.05, 0) is 75.1 Å². The van der Waals surface area contributed by atoms with Crippen molar-refractivity contribution in [1.82, 2.24) is 35.2 Å². The van der Waals surface area contributed by atoms with Gasteiger partial charge in [-0.2, -0.15) is 0 Å². The van der Waals surface area contributed by atoms with E-state index in [4.69, 9.17) is 24.2 Å². The van der Waals surface area contributed by atoms with Crippen LogP contribution in [0, 0.1) is 23.2 Å². The molecular formula is C47H60N8O6S. The van der Waals surface area contributed by atoms with Crippen LogP contribution in [-0.2, 0) is 48.0 Å². The number of cyclic esters (lactones) is 1. The predicted molar refractivity (Wildman–Crippen MR) is 237 cm³/mol. The van der Waals surface area contributed by atoms with E-state index in [0.29, 0.717) is 31.2 Å². The maximum absolute atomic E-state index is 14.4. The number of anilines is 1. The Morgan fingerprint density at radius 2 is 1.95 bits per heavy atom. The lowest BCUT2D eigenvalue weighted by Gasteiger charge is -2.53. The lowest BCUT2D eigenvalue weighted by atomic mass is 9.73. The minimum atomic E-state index is -0.823. The van der Waals surface area contributed by atoms with Gasteiger partial charge in [-0.1, -0.05) is 26.8 Å². The highest BCUT2D eigenvalue weighted by atomic mass is 32.1. The second-order valence-electron chi connectivity index (χ2n) is 19.4. The highest BCUT2D eigenvalue weighted by Gasteiger charge is 2.52. The first-order chi connectivity index (χ1) is 29.9. The van der Waals surface area contributed by atoms with Crippen molar-refractivity contribution in [2.75, 3.05) is 58.0 Å². The summed E-state index contributed by atoms with van der Waals surface area (Å²) < 4.78 is 20.6. The molecule has 7 aliphatic rings. The lowest BCUT2D eigenvalue weighted by molar-refractivity contribution is -0.171. The fourth-order valence-corrected chi connectivity index (χ4v) is 11.4. The summed E-state index contributed by atoms with van der Waals surface area (Å²) in [5.41, 5.74) is 10.9. The Balaban J connectivity index is 1.09. The Morgan fingerprint density at radius 3 is 2.73 bits per heavy atom. The summed E-state index contributed by atoms with van der Waals surface area (Å²) in [5, 5.41) is 8.63. The molecule has 14 nitrogen and oxygen atoms in total. The summed E-state index contributed by atoms with van der Waals surface area (Å²) in [5.74, 6) is -0.411. The number of hydrogen-bond acceptors (Lipinski definition) is 12. The number of ether oxygens (including phenoxy) is 3. The number of amides is 2. The number of morpholine rings is 1. The predicted octanol–water partition coefficient (Wildman–Crippen LogP) is 5.38. The Kier molecular flexibility index (Phi) is 10.9. The van der Waals surface area contributed by atoms with E-state index >= 15 is 0 Å². The fraction of sp³-hybridized carbons (Fsp3) is 0.596. The van der Waals surface area contributed by atoms with Crippen LogP contribution in [0.1, 0.15) is 76.3 Å². The summed E-state index contributed by atoms with van der Waals surface area (Å²) in [7, 11) is 1.73. The lowest BCUT2D eigenvalue weighted by Crippen LogP contribution is -2.71. The molecule has 6 atom stereocenters. The van der Waals surface area contributed by atoms with Gasteiger partial charge >= 0.3 is 5.97 Å². The topological polar surface area (TPSA) is 143 Å². The van der Waals surface area contributed by atoms with Gasteiger partial charge in [-0.3, -0.25) is 29.3 Å². The number of carbonyl (C=O) groups is 3. The number of carbonyl (C=O) groups excluding carboxylic acids is 3. The molecule has 8 bridgehead atoms. The zero-order chi connectivity index (χ0) is 43.0. The minimum Gasteiger partial charge on any atom is -0.464 e. The van der Waals surface area contributed by atoms with Crippen LogP contribution in [-0.4, -0.2) is 120 Å². The van der Waals surface area contributed by atoms with Crippen molar-refractivity contribution >= 4 is 45.7 Å². The monoisotopic (exact) mass is 864 g/mol. The van der Waals surface area contributed by atoms with E-state index in [-0.39, 0.29) is 54.8 Å². The molecule has 0 radical (unpaired) electrons. The maximum atomic E-state index is 14.4. The molecule has 15 heteroatoms. The van der Waals surface area contributed by atoms with E-state index in [9.17, 15) is 14.4 Å². The number of methoxy groups -OCH3 is 1. The molecule has 4 saturated heterocycles. The molecule has 2 amide bonds. The molecule has 0 unspecified atom stereocenters. The maximum Gasteiger partial charge on any atom is 0.325 e. The van der Waals surface area contributed by atoms with Crippen molar-refractivity contribution in [2.24, 2.45) is 23.2 Å². The van der Waals surface area contributed by atoms with Gasteiger partial charge in [-0.15, -0.1) is 11.3 Å². The van der Waals surface area contributed by atoms with Crippen LogP contribution in [0.25, 0.3) is 33.4 Å². The Labute approximate surface area is 367 Å². The van der Waals surface area contributed by atoms with Gasteiger partial charge in [0, 0.05) is 91.0 Å². The number of hydrogen-bond donors (Lipinski definition) is 2. The Bertz CT molecular complexity index is 2390. The largest absolute Gasteiger partial charge is 0.464 e. The number of aromatic nitrogens is 3. The first-order valence-corrected chi connectivity index (χ1v) is 23.5. The summed E-state index contributed by atoms with van der Waals surface area (Å²) in [6.45, 7) is 16.8. The molecule has 5 aliphatic heterocycles. The molecule has 2 saturated carbocycles. The van der Waals surface area contributed by atoms with Gasteiger partial charge in [0.25, 0.3) is 5.91 Å². The smallest absolute Gasteiger partial charge is 0.325 e. The van der Waals surface area contributed by atoms with Crippen molar-refractivity contribution in [1.29, 1.82) is 0 Å². The van der Waals surface area contributed by atoms with Crippen molar-refractivity contribution in [3.8, 4) is 22.5 Å². The summed E-state index contributed by atoms with van der Waals surface area (Å²) in [6.07, 6.45) is 4.85. The standard InChI is InChI=1S/C47H60N8O6S/c1-7-54-39-9-8-28-17-34(39)36(43(54)35-18-31(21-48-41(35)27(3)59-6)53-11-10-52-12-13-60-23-32(52)22-53)20-47(4,5)25-61-46(58)42-29-15-30(16-29)55(51-42)45(57)37(19-40-49-38(28)24-62-40)50-44(56)33-14-26(33)2/h8-9,17-18,21,24,26-27,29-30,32-33,37,42,51H,7,10-16,19-20,22-23,25H2,1-6H3,(H,50,56)/t26-,27-,29?,30?,32-,33-,37-,42-/m0/s1. The molecule has 3 aromatic heterocycles. The van der Waals surface area contributed by atoms with Crippen LogP contribution >= 0.6 is 11.3 Å². The average molecular weight is 865 g/mol. The number of hydrazine groups is 1. The number of thiazole rings is 1. The van der Waals surface area contributed by atoms with E-state index < -0.39 is 17.5 Å². The van der Waals surface area contributed by atoms with Crippen molar-refractivity contribution < 1.29 is 28.6 Å². The quantitative estimate of drug-likeness (QED) is 0.232. The molecule has 11 rings (SSSR count). The van der Waals surface area contributed by atoms with Crippen LogP contribution in [0.15, 0.2) is 35.8 Å². The summed E-state index contributed by atoms with van der Waals surface area (Å²) in [4.78, 5) is 57.1. The van der Waals surface area contributed by atoms with Crippen LogP contribution in [0.2, 0.25) is 0 Å². The Morgan fingerprint density at radius 1 is 1.13 bits per heavy atom. The van der Waals surface area contributed by atoms with Crippen molar-refractivity contribution in [3.05, 3.63) is 52.1 Å². The molecule has 62 heavy (non-hydrogen) atoms. The second kappa shape index (κ2) is 16.3. The molecule has 2 aliphatic carbocycles. The van der Waals surface area contributed by atoms with E-state index in [0.717, 1.165) is 108 Å². The number of esters is 1. The molecular weight excluding hydrogens is 805 g/mol. The third kappa shape index (κ3) is 7.61. The average Bonchev–Trinajstić information content (AvgIpc) is 3.69. The SMILES string of the molecule is CCn1c(-c2cc(N3CCN4CCOC[C@@H]4C3)cnc2[C@H](C)OC)c2c3cc(ccc31)-c1csc(n1)C[C@H](NC(=O)[C@H]1C[C@@H]1C)C(=O)N1N[C@H](C(=O)OCC(C)(C)C2)C2CC1C2. The summed E-state index contributed by atoms with van der Waals surface area (Å²) in [6, 6.07) is 7.71. The molecule has 330 valence electrons. The van der Waals surface area contributed by atoms with E-state index in [2.05, 4.69) is 89.4 Å². The number of nitrogens with one attached hydrogen (secondary N) is 2. The van der Waals surface area contributed by atoms with Gasteiger partial charge < -0.3 is 29.0 Å². The zero-order valence-corrected chi connectivity index (χ0v) is 37.6. The third-order valence-electron chi connectivity index (χ3n) is 14.5. The van der Waals surface area contributed by atoms with Gasteiger partial charge in [-0.25, -0.2) is 10.4 Å². The van der Waals surface area contributed by atoms with E-state index in [1.165, 1.54) is 11.3 Å². The molecule has 1 aromatic carbocycles. The molecule has 2 N–H and O–H groups in total.